The summed E-state index contributed by atoms with van der Waals surface area (Å²) in [6.45, 7) is 4.93. The summed E-state index contributed by atoms with van der Waals surface area (Å²) >= 11 is 1.48. The SMILES string of the molecule is Cc1ccccc1OCCN(C)C(C)C(=O)Nc1sc2c(c1C(N)=O)CCC2. The van der Waals surface area contributed by atoms with Crippen LogP contribution in [0.25, 0.3) is 0 Å². The van der Waals surface area contributed by atoms with Crippen molar-refractivity contribution >= 4 is 28.2 Å². The summed E-state index contributed by atoms with van der Waals surface area (Å²) in [4.78, 5) is 27.7. The number of aryl methyl sites for hydroxylation is 2. The van der Waals surface area contributed by atoms with Crippen LogP contribution in [0.2, 0.25) is 0 Å². The first kappa shape index (κ1) is 20.4. The normalized spacial score (nSPS) is 14.0. The molecule has 1 aromatic heterocycles. The van der Waals surface area contributed by atoms with Crippen molar-refractivity contribution in [1.29, 1.82) is 0 Å². The average molecular weight is 402 g/mol. The second-order valence-corrected chi connectivity index (χ2v) is 8.29. The number of rotatable bonds is 8. The third-order valence-corrected chi connectivity index (χ3v) is 6.45. The Morgan fingerprint density at radius 3 is 2.79 bits per heavy atom. The molecule has 2 aromatic rings. The van der Waals surface area contributed by atoms with E-state index in [0.29, 0.717) is 23.7 Å². The van der Waals surface area contributed by atoms with Gasteiger partial charge in [0.1, 0.15) is 17.4 Å². The predicted molar refractivity (Wildman–Crippen MR) is 112 cm³/mol. The molecular weight excluding hydrogens is 374 g/mol. The number of fused-ring (bicyclic) bond motifs is 1. The van der Waals surface area contributed by atoms with Gasteiger partial charge in [-0.05, 0) is 57.4 Å². The molecule has 0 saturated heterocycles. The molecule has 1 heterocycles. The Labute approximate surface area is 169 Å². The summed E-state index contributed by atoms with van der Waals surface area (Å²) < 4.78 is 5.81. The zero-order valence-electron chi connectivity index (χ0n) is 16.6. The third kappa shape index (κ3) is 4.36. The topological polar surface area (TPSA) is 84.7 Å². The molecule has 6 nitrogen and oxygen atoms in total. The van der Waals surface area contributed by atoms with Gasteiger partial charge in [-0.15, -0.1) is 11.3 Å². The highest BCUT2D eigenvalue weighted by Gasteiger charge is 2.27. The van der Waals surface area contributed by atoms with Gasteiger partial charge >= 0.3 is 0 Å². The average Bonchev–Trinajstić information content (AvgIpc) is 3.22. The molecule has 0 aliphatic heterocycles. The fraction of sp³-hybridized carbons (Fsp3) is 0.429. The Balaban J connectivity index is 1.57. The maximum absolute atomic E-state index is 12.7. The molecule has 1 atom stereocenters. The second kappa shape index (κ2) is 8.75. The number of carbonyl (C=O) groups is 2. The Bertz CT molecular complexity index is 878. The first-order valence-corrected chi connectivity index (χ1v) is 10.3. The first-order chi connectivity index (χ1) is 13.4. The van der Waals surface area contributed by atoms with Gasteiger partial charge in [0.05, 0.1) is 11.6 Å². The van der Waals surface area contributed by atoms with Crippen molar-refractivity contribution in [3.63, 3.8) is 0 Å². The standard InChI is InChI=1S/C21H27N3O3S/c1-13-7-4-5-9-16(13)27-12-11-24(3)14(2)20(26)23-21-18(19(22)25)15-8-6-10-17(15)28-21/h4-5,7,9,14H,6,8,10-12H2,1-3H3,(H2,22,25)(H,23,26). The molecule has 3 N–H and O–H groups in total. The number of hydrogen-bond donors (Lipinski definition) is 2. The van der Waals surface area contributed by atoms with Gasteiger partial charge in [0.2, 0.25) is 5.91 Å². The Morgan fingerprint density at radius 2 is 2.07 bits per heavy atom. The Morgan fingerprint density at radius 1 is 1.32 bits per heavy atom. The van der Waals surface area contributed by atoms with E-state index in [2.05, 4.69) is 5.32 Å². The van der Waals surface area contributed by atoms with Gasteiger partial charge in [-0.25, -0.2) is 0 Å². The molecule has 0 fully saturated rings. The van der Waals surface area contributed by atoms with E-state index >= 15 is 0 Å². The molecular formula is C21H27N3O3S. The maximum atomic E-state index is 12.7. The number of anilines is 1. The molecule has 0 bridgehead atoms. The number of benzene rings is 1. The summed E-state index contributed by atoms with van der Waals surface area (Å²) in [5, 5.41) is 3.50. The summed E-state index contributed by atoms with van der Waals surface area (Å²) in [6.07, 6.45) is 2.84. The highest BCUT2D eigenvalue weighted by Crippen LogP contribution is 2.38. The van der Waals surface area contributed by atoms with Crippen molar-refractivity contribution in [2.24, 2.45) is 5.73 Å². The minimum absolute atomic E-state index is 0.152. The molecule has 1 aromatic carbocycles. The summed E-state index contributed by atoms with van der Waals surface area (Å²) in [6, 6.07) is 7.49. The molecule has 150 valence electrons. The van der Waals surface area contributed by atoms with E-state index in [9.17, 15) is 9.59 Å². The van der Waals surface area contributed by atoms with E-state index < -0.39 is 5.91 Å². The molecule has 7 heteroatoms. The minimum atomic E-state index is -0.470. The van der Waals surface area contributed by atoms with Gasteiger partial charge in [-0.2, -0.15) is 0 Å². The molecule has 0 saturated carbocycles. The van der Waals surface area contributed by atoms with Crippen molar-refractivity contribution in [3.8, 4) is 5.75 Å². The minimum Gasteiger partial charge on any atom is -0.492 e. The van der Waals surface area contributed by atoms with Crippen LogP contribution in [0.1, 0.15) is 39.7 Å². The van der Waals surface area contributed by atoms with Crippen LogP contribution in [0.5, 0.6) is 5.75 Å². The fourth-order valence-electron chi connectivity index (χ4n) is 3.38. The van der Waals surface area contributed by atoms with Crippen molar-refractivity contribution in [1.82, 2.24) is 4.90 Å². The number of nitrogens with zero attached hydrogens (tertiary/aromatic N) is 1. The number of amides is 2. The van der Waals surface area contributed by atoms with E-state index in [4.69, 9.17) is 10.5 Å². The largest absolute Gasteiger partial charge is 0.492 e. The number of nitrogens with one attached hydrogen (secondary N) is 1. The molecule has 28 heavy (non-hydrogen) atoms. The number of ether oxygens (including phenoxy) is 1. The van der Waals surface area contributed by atoms with Crippen LogP contribution in [0.4, 0.5) is 5.00 Å². The number of thiophene rings is 1. The van der Waals surface area contributed by atoms with Crippen LogP contribution in [0.15, 0.2) is 24.3 Å². The third-order valence-electron chi connectivity index (χ3n) is 5.24. The summed E-state index contributed by atoms with van der Waals surface area (Å²) in [7, 11) is 1.88. The van der Waals surface area contributed by atoms with Gasteiger partial charge < -0.3 is 15.8 Å². The molecule has 2 amide bonds. The fourth-order valence-corrected chi connectivity index (χ4v) is 4.68. The number of hydrogen-bond acceptors (Lipinski definition) is 5. The monoisotopic (exact) mass is 401 g/mol. The van der Waals surface area contributed by atoms with Crippen LogP contribution in [0.3, 0.4) is 0 Å². The van der Waals surface area contributed by atoms with Gasteiger partial charge in [0.25, 0.3) is 5.91 Å². The lowest BCUT2D eigenvalue weighted by molar-refractivity contribution is -0.120. The Hall–Kier alpha value is -2.38. The van der Waals surface area contributed by atoms with E-state index in [1.165, 1.54) is 11.3 Å². The van der Waals surface area contributed by atoms with Gasteiger partial charge in [-0.1, -0.05) is 18.2 Å². The molecule has 3 rings (SSSR count). The lowest BCUT2D eigenvalue weighted by Crippen LogP contribution is -2.41. The van der Waals surface area contributed by atoms with Crippen LogP contribution in [-0.2, 0) is 17.6 Å². The molecule has 1 unspecified atom stereocenters. The predicted octanol–water partition coefficient (Wildman–Crippen LogP) is 2.98. The Kier molecular flexibility index (Phi) is 6.36. The highest BCUT2D eigenvalue weighted by molar-refractivity contribution is 7.17. The van der Waals surface area contributed by atoms with Crippen LogP contribution in [-0.4, -0.2) is 43.0 Å². The molecule has 1 aliphatic rings. The van der Waals surface area contributed by atoms with Crippen molar-refractivity contribution in [2.75, 3.05) is 25.5 Å². The van der Waals surface area contributed by atoms with Gasteiger partial charge in [0, 0.05) is 11.4 Å². The van der Waals surface area contributed by atoms with Gasteiger partial charge in [0.15, 0.2) is 0 Å². The van der Waals surface area contributed by atoms with Crippen LogP contribution < -0.4 is 15.8 Å². The first-order valence-electron chi connectivity index (χ1n) is 9.52. The van der Waals surface area contributed by atoms with Crippen molar-refractivity contribution in [3.05, 3.63) is 45.8 Å². The number of para-hydroxylation sites is 1. The molecule has 0 spiro atoms. The number of primary amides is 1. The van der Waals surface area contributed by atoms with E-state index in [0.717, 1.165) is 41.0 Å². The summed E-state index contributed by atoms with van der Waals surface area (Å²) in [5.74, 6) is 0.232. The van der Waals surface area contributed by atoms with Crippen LogP contribution >= 0.6 is 11.3 Å². The second-order valence-electron chi connectivity index (χ2n) is 7.19. The number of likely N-dealkylation sites (N-methyl/N-ethyl adjacent to an activating group) is 1. The lowest BCUT2D eigenvalue weighted by atomic mass is 10.1. The number of nitrogens with two attached hydrogens (primary N) is 1. The van der Waals surface area contributed by atoms with Crippen molar-refractivity contribution in [2.45, 2.75) is 39.2 Å². The smallest absolute Gasteiger partial charge is 0.251 e. The van der Waals surface area contributed by atoms with Crippen molar-refractivity contribution < 1.29 is 14.3 Å². The van der Waals surface area contributed by atoms with E-state index in [-0.39, 0.29) is 11.9 Å². The zero-order valence-corrected chi connectivity index (χ0v) is 17.4. The summed E-state index contributed by atoms with van der Waals surface area (Å²) in [5.41, 5.74) is 8.15. The van der Waals surface area contributed by atoms with E-state index in [1.807, 2.05) is 50.1 Å². The zero-order chi connectivity index (χ0) is 20.3. The quantitative estimate of drug-likeness (QED) is 0.712. The number of carbonyl (C=O) groups excluding carboxylic acids is 2. The van der Waals surface area contributed by atoms with E-state index in [1.54, 1.807) is 0 Å². The van der Waals surface area contributed by atoms with Crippen LogP contribution in [0, 0.1) is 6.92 Å². The highest BCUT2D eigenvalue weighted by atomic mass is 32.1. The molecule has 1 aliphatic carbocycles. The van der Waals surface area contributed by atoms with Gasteiger partial charge in [-0.3, -0.25) is 14.5 Å². The lowest BCUT2D eigenvalue weighted by Gasteiger charge is -2.24. The maximum Gasteiger partial charge on any atom is 0.251 e. The molecule has 0 radical (unpaired) electrons.